The molecule has 6 nitrogen and oxygen atoms in total. The van der Waals surface area contributed by atoms with Crippen LogP contribution in [0.3, 0.4) is 0 Å². The molecule has 30 heavy (non-hydrogen) atoms. The molecule has 1 aromatic carbocycles. The maximum Gasteiger partial charge on any atom is 0.357 e. The minimum absolute atomic E-state index is 0.118. The average molecular weight is 413 g/mol. The van der Waals surface area contributed by atoms with Gasteiger partial charge in [-0.05, 0) is 43.4 Å². The molecule has 0 aliphatic rings. The summed E-state index contributed by atoms with van der Waals surface area (Å²) in [6.07, 6.45) is -0.574. The summed E-state index contributed by atoms with van der Waals surface area (Å²) in [6, 6.07) is 14.7. The fraction of sp³-hybridized carbons (Fsp3) is 0.458. The van der Waals surface area contributed by atoms with E-state index in [0.717, 1.165) is 5.56 Å². The SMILES string of the molecule is CNC(=O)[C@H](CC(C)C)C[C@H](O)[C@H](Cc1ccccc1)OC(=O)c1cccc(C)n1. The van der Waals surface area contributed by atoms with Crippen molar-refractivity contribution in [2.24, 2.45) is 11.8 Å². The van der Waals surface area contributed by atoms with Gasteiger partial charge in [0.15, 0.2) is 0 Å². The molecular formula is C24H32N2O4. The quantitative estimate of drug-likeness (QED) is 0.585. The zero-order chi connectivity index (χ0) is 22.1. The van der Waals surface area contributed by atoms with Crippen molar-refractivity contribution in [3.8, 4) is 0 Å². The molecule has 1 amide bonds. The molecule has 0 radical (unpaired) electrons. The Labute approximate surface area is 178 Å². The van der Waals surface area contributed by atoms with Gasteiger partial charge in [-0.3, -0.25) is 4.79 Å². The summed E-state index contributed by atoms with van der Waals surface area (Å²) in [5, 5.41) is 13.6. The van der Waals surface area contributed by atoms with Gasteiger partial charge in [-0.25, -0.2) is 9.78 Å². The lowest BCUT2D eigenvalue weighted by molar-refractivity contribution is -0.126. The van der Waals surface area contributed by atoms with Crippen LogP contribution in [0.2, 0.25) is 0 Å². The number of pyridine rings is 1. The average Bonchev–Trinajstić information content (AvgIpc) is 2.72. The number of aliphatic hydroxyl groups is 1. The zero-order valence-electron chi connectivity index (χ0n) is 18.2. The highest BCUT2D eigenvalue weighted by molar-refractivity contribution is 5.87. The van der Waals surface area contributed by atoms with Gasteiger partial charge in [0.1, 0.15) is 11.8 Å². The fourth-order valence-corrected chi connectivity index (χ4v) is 3.48. The second-order valence-electron chi connectivity index (χ2n) is 8.04. The summed E-state index contributed by atoms with van der Waals surface area (Å²) >= 11 is 0. The van der Waals surface area contributed by atoms with E-state index in [0.29, 0.717) is 24.5 Å². The molecular weight excluding hydrogens is 380 g/mol. The molecule has 162 valence electrons. The summed E-state index contributed by atoms with van der Waals surface area (Å²) < 4.78 is 5.69. The van der Waals surface area contributed by atoms with E-state index in [9.17, 15) is 14.7 Å². The lowest BCUT2D eigenvalue weighted by Crippen LogP contribution is -2.38. The van der Waals surface area contributed by atoms with Crippen LogP contribution >= 0.6 is 0 Å². The number of carbonyl (C=O) groups excluding carboxylic acids is 2. The van der Waals surface area contributed by atoms with Crippen LogP contribution in [0.1, 0.15) is 48.4 Å². The standard InChI is InChI=1S/C24H32N2O4/c1-16(2)13-19(23(28)25-4)15-21(27)22(14-18-10-6-5-7-11-18)30-24(29)20-12-8-9-17(3)26-20/h5-12,16,19,21-22,27H,13-15H2,1-4H3,(H,25,28)/t19-,21+,22+/m1/s1. The number of aliphatic hydroxyl groups excluding tert-OH is 1. The number of rotatable bonds is 10. The number of esters is 1. The predicted octanol–water partition coefficient (Wildman–Crippen LogP) is 3.32. The molecule has 0 fully saturated rings. The molecule has 2 aromatic rings. The van der Waals surface area contributed by atoms with Gasteiger partial charge in [-0.15, -0.1) is 0 Å². The monoisotopic (exact) mass is 412 g/mol. The number of aryl methyl sites for hydroxylation is 1. The summed E-state index contributed by atoms with van der Waals surface area (Å²) in [5.41, 5.74) is 1.85. The summed E-state index contributed by atoms with van der Waals surface area (Å²) in [5.74, 6) is -0.767. The number of nitrogens with one attached hydrogen (secondary N) is 1. The number of hydrogen-bond acceptors (Lipinski definition) is 5. The van der Waals surface area contributed by atoms with Gasteiger partial charge in [0.25, 0.3) is 0 Å². The first-order chi connectivity index (χ1) is 14.3. The minimum atomic E-state index is -0.986. The van der Waals surface area contributed by atoms with E-state index in [1.54, 1.807) is 32.2 Å². The Hall–Kier alpha value is -2.73. The topological polar surface area (TPSA) is 88.5 Å². The summed E-state index contributed by atoms with van der Waals surface area (Å²) in [6.45, 7) is 5.87. The van der Waals surface area contributed by atoms with Crippen LogP contribution < -0.4 is 5.32 Å². The number of benzene rings is 1. The zero-order valence-corrected chi connectivity index (χ0v) is 18.2. The minimum Gasteiger partial charge on any atom is -0.455 e. The Kier molecular flexibility index (Phi) is 8.99. The second-order valence-corrected chi connectivity index (χ2v) is 8.04. The predicted molar refractivity (Wildman–Crippen MR) is 116 cm³/mol. The number of hydrogen-bond donors (Lipinski definition) is 2. The fourth-order valence-electron chi connectivity index (χ4n) is 3.48. The third-order valence-corrected chi connectivity index (χ3v) is 4.96. The van der Waals surface area contributed by atoms with Crippen molar-refractivity contribution >= 4 is 11.9 Å². The van der Waals surface area contributed by atoms with Crippen LogP contribution in [0.25, 0.3) is 0 Å². The number of amides is 1. The largest absolute Gasteiger partial charge is 0.455 e. The van der Waals surface area contributed by atoms with Gasteiger partial charge >= 0.3 is 5.97 Å². The molecule has 1 heterocycles. The first kappa shape index (κ1) is 23.5. The second kappa shape index (κ2) is 11.5. The molecule has 0 aliphatic carbocycles. The van der Waals surface area contributed by atoms with Crippen molar-refractivity contribution < 1.29 is 19.4 Å². The van der Waals surface area contributed by atoms with Crippen LogP contribution in [0.5, 0.6) is 0 Å². The number of aromatic nitrogens is 1. The highest BCUT2D eigenvalue weighted by Crippen LogP contribution is 2.22. The number of carbonyl (C=O) groups is 2. The van der Waals surface area contributed by atoms with Gasteiger partial charge in [0, 0.05) is 25.1 Å². The Bertz CT molecular complexity index is 823. The van der Waals surface area contributed by atoms with Crippen LogP contribution in [0.15, 0.2) is 48.5 Å². The summed E-state index contributed by atoms with van der Waals surface area (Å²) in [4.78, 5) is 29.2. The van der Waals surface area contributed by atoms with Crippen LogP contribution in [-0.2, 0) is 16.0 Å². The molecule has 0 aliphatic heterocycles. The molecule has 0 spiro atoms. The van der Waals surface area contributed by atoms with Gasteiger partial charge in [0.05, 0.1) is 6.10 Å². The Morgan fingerprint density at radius 1 is 1.07 bits per heavy atom. The molecule has 2 rings (SSSR count). The summed E-state index contributed by atoms with van der Waals surface area (Å²) in [7, 11) is 1.59. The Morgan fingerprint density at radius 2 is 1.77 bits per heavy atom. The number of ether oxygens (including phenoxy) is 1. The van der Waals surface area contributed by atoms with Crippen molar-refractivity contribution in [3.05, 3.63) is 65.5 Å². The van der Waals surface area contributed by atoms with Crippen molar-refractivity contribution in [2.75, 3.05) is 7.05 Å². The van der Waals surface area contributed by atoms with Crippen LogP contribution in [0.4, 0.5) is 0 Å². The van der Waals surface area contributed by atoms with E-state index in [4.69, 9.17) is 4.74 Å². The molecule has 0 unspecified atom stereocenters. The first-order valence-electron chi connectivity index (χ1n) is 10.4. The normalized spacial score (nSPS) is 14.1. The number of nitrogens with zero attached hydrogens (tertiary/aromatic N) is 1. The van der Waals surface area contributed by atoms with E-state index < -0.39 is 18.2 Å². The lowest BCUT2D eigenvalue weighted by Gasteiger charge is -2.27. The highest BCUT2D eigenvalue weighted by Gasteiger charge is 2.30. The van der Waals surface area contributed by atoms with Crippen molar-refractivity contribution in [2.45, 2.75) is 52.2 Å². The molecule has 6 heteroatoms. The van der Waals surface area contributed by atoms with E-state index in [2.05, 4.69) is 10.3 Å². The van der Waals surface area contributed by atoms with E-state index in [1.165, 1.54) is 0 Å². The highest BCUT2D eigenvalue weighted by atomic mass is 16.6. The third-order valence-electron chi connectivity index (χ3n) is 4.96. The third kappa shape index (κ3) is 7.26. The van der Waals surface area contributed by atoms with Crippen LogP contribution in [-0.4, -0.2) is 41.2 Å². The van der Waals surface area contributed by atoms with Crippen LogP contribution in [0, 0.1) is 18.8 Å². The van der Waals surface area contributed by atoms with Gasteiger partial charge < -0.3 is 15.2 Å². The molecule has 0 bridgehead atoms. The van der Waals surface area contributed by atoms with Crippen molar-refractivity contribution in [1.82, 2.24) is 10.3 Å². The van der Waals surface area contributed by atoms with Crippen molar-refractivity contribution in [3.63, 3.8) is 0 Å². The molecule has 1 aromatic heterocycles. The van der Waals surface area contributed by atoms with E-state index in [-0.39, 0.29) is 23.9 Å². The van der Waals surface area contributed by atoms with E-state index >= 15 is 0 Å². The first-order valence-corrected chi connectivity index (χ1v) is 10.4. The smallest absolute Gasteiger partial charge is 0.357 e. The lowest BCUT2D eigenvalue weighted by atomic mass is 9.88. The Balaban J connectivity index is 2.20. The van der Waals surface area contributed by atoms with Crippen molar-refractivity contribution in [1.29, 1.82) is 0 Å². The Morgan fingerprint density at radius 3 is 2.37 bits per heavy atom. The molecule has 0 saturated heterocycles. The van der Waals surface area contributed by atoms with Gasteiger partial charge in [-0.2, -0.15) is 0 Å². The molecule has 0 saturated carbocycles. The van der Waals surface area contributed by atoms with Gasteiger partial charge in [0.2, 0.25) is 5.91 Å². The maximum absolute atomic E-state index is 12.7. The maximum atomic E-state index is 12.7. The van der Waals surface area contributed by atoms with Gasteiger partial charge in [-0.1, -0.05) is 50.2 Å². The van der Waals surface area contributed by atoms with E-state index in [1.807, 2.05) is 44.2 Å². The molecule has 3 atom stereocenters. The molecule has 2 N–H and O–H groups in total.